The molecule has 0 aromatic carbocycles. The number of piperidine rings is 1. The second-order valence-corrected chi connectivity index (χ2v) is 5.86. The molecule has 0 unspecified atom stereocenters. The fourth-order valence-electron chi connectivity index (χ4n) is 2.91. The summed E-state index contributed by atoms with van der Waals surface area (Å²) >= 11 is 0. The van der Waals surface area contributed by atoms with Crippen LogP contribution >= 0.6 is 0 Å². The van der Waals surface area contributed by atoms with Crippen molar-refractivity contribution in [2.75, 3.05) is 6.54 Å². The Kier molecular flexibility index (Phi) is 5.92. The van der Waals surface area contributed by atoms with Crippen LogP contribution in [-0.2, 0) is 9.59 Å². The molecule has 2 amide bonds. The Morgan fingerprint density at radius 1 is 1.36 bits per heavy atom. The molecule has 1 aliphatic heterocycles. The molecular weight excluding hydrogens is 278 g/mol. The first-order valence-electron chi connectivity index (χ1n) is 8.13. The minimum Gasteiger partial charge on any atom is -0.348 e. The predicted molar refractivity (Wildman–Crippen MR) is 85.1 cm³/mol. The van der Waals surface area contributed by atoms with E-state index >= 15 is 0 Å². The van der Waals surface area contributed by atoms with Crippen molar-refractivity contribution in [1.29, 1.82) is 0 Å². The Hall–Kier alpha value is -1.91. The van der Waals surface area contributed by atoms with Gasteiger partial charge in [-0.15, -0.1) is 0 Å². The van der Waals surface area contributed by atoms with E-state index < -0.39 is 0 Å². The van der Waals surface area contributed by atoms with E-state index in [0.717, 1.165) is 31.2 Å². The summed E-state index contributed by atoms with van der Waals surface area (Å²) in [6, 6.07) is 3.38. The molecule has 1 aromatic rings. The highest BCUT2D eigenvalue weighted by Gasteiger charge is 2.32. The van der Waals surface area contributed by atoms with E-state index in [0.29, 0.717) is 13.0 Å². The number of carbonyl (C=O) groups is 2. The molecule has 0 spiro atoms. The first-order chi connectivity index (χ1) is 10.6. The number of rotatable bonds is 5. The van der Waals surface area contributed by atoms with Crippen molar-refractivity contribution in [3.05, 3.63) is 30.1 Å². The van der Waals surface area contributed by atoms with Crippen LogP contribution in [0.3, 0.4) is 0 Å². The maximum absolute atomic E-state index is 12.6. The van der Waals surface area contributed by atoms with Crippen molar-refractivity contribution >= 4 is 11.8 Å². The first-order valence-corrected chi connectivity index (χ1v) is 8.13. The molecule has 1 aromatic heterocycles. The van der Waals surface area contributed by atoms with Gasteiger partial charge in [0.05, 0.1) is 6.04 Å². The predicted octanol–water partition coefficient (Wildman–Crippen LogP) is 2.44. The molecule has 0 aliphatic carbocycles. The standard InChI is InChI=1S/C17H25N3O2/c1-3-6-16(21)20-12-5-4-7-15(20)17(22)19-13(2)14-8-10-18-11-9-14/h8-11,13,15H,3-7,12H2,1-2H3,(H,19,22)/t13-,15+/m1/s1. The number of aromatic nitrogens is 1. The molecule has 5 heteroatoms. The summed E-state index contributed by atoms with van der Waals surface area (Å²) in [5.41, 5.74) is 1.02. The van der Waals surface area contributed by atoms with Crippen LogP contribution < -0.4 is 5.32 Å². The molecule has 2 atom stereocenters. The molecule has 0 radical (unpaired) electrons. The van der Waals surface area contributed by atoms with Gasteiger partial charge in [0, 0.05) is 25.4 Å². The second kappa shape index (κ2) is 7.92. The number of pyridine rings is 1. The smallest absolute Gasteiger partial charge is 0.243 e. The van der Waals surface area contributed by atoms with Gasteiger partial charge in [-0.05, 0) is 50.3 Å². The van der Waals surface area contributed by atoms with Gasteiger partial charge >= 0.3 is 0 Å². The largest absolute Gasteiger partial charge is 0.348 e. The Bertz CT molecular complexity index is 504. The molecule has 1 fully saturated rings. The third-order valence-corrected chi connectivity index (χ3v) is 4.15. The average molecular weight is 303 g/mol. The van der Waals surface area contributed by atoms with E-state index in [1.807, 2.05) is 26.0 Å². The highest BCUT2D eigenvalue weighted by atomic mass is 16.2. The van der Waals surface area contributed by atoms with Gasteiger partial charge in [0.15, 0.2) is 0 Å². The van der Waals surface area contributed by atoms with Gasteiger partial charge in [-0.1, -0.05) is 6.92 Å². The fourth-order valence-corrected chi connectivity index (χ4v) is 2.91. The molecule has 0 bridgehead atoms. The Morgan fingerprint density at radius 2 is 2.09 bits per heavy atom. The third kappa shape index (κ3) is 4.06. The molecule has 1 N–H and O–H groups in total. The molecule has 1 aliphatic rings. The summed E-state index contributed by atoms with van der Waals surface area (Å²) in [6.45, 7) is 4.64. The first kappa shape index (κ1) is 16.5. The quantitative estimate of drug-likeness (QED) is 0.908. The van der Waals surface area contributed by atoms with Crippen LogP contribution in [0.15, 0.2) is 24.5 Å². The molecule has 2 heterocycles. The maximum atomic E-state index is 12.6. The molecule has 120 valence electrons. The van der Waals surface area contributed by atoms with Crippen LogP contribution in [-0.4, -0.2) is 34.3 Å². The van der Waals surface area contributed by atoms with Crippen molar-refractivity contribution in [2.24, 2.45) is 0 Å². The van der Waals surface area contributed by atoms with Crippen molar-refractivity contribution in [3.8, 4) is 0 Å². The van der Waals surface area contributed by atoms with E-state index in [9.17, 15) is 9.59 Å². The van der Waals surface area contributed by atoms with E-state index in [4.69, 9.17) is 0 Å². The lowest BCUT2D eigenvalue weighted by Crippen LogP contribution is -2.52. The number of hydrogen-bond acceptors (Lipinski definition) is 3. The summed E-state index contributed by atoms with van der Waals surface area (Å²) in [5.74, 6) is 0.0485. The summed E-state index contributed by atoms with van der Waals surface area (Å²) in [4.78, 5) is 30.5. The van der Waals surface area contributed by atoms with Crippen LogP contribution in [0.2, 0.25) is 0 Å². The van der Waals surface area contributed by atoms with Crippen molar-refractivity contribution < 1.29 is 9.59 Å². The van der Waals surface area contributed by atoms with Crippen molar-refractivity contribution in [2.45, 2.75) is 58.0 Å². The van der Waals surface area contributed by atoms with Gasteiger partial charge in [-0.3, -0.25) is 14.6 Å². The van der Waals surface area contributed by atoms with E-state index in [1.54, 1.807) is 17.3 Å². The van der Waals surface area contributed by atoms with Crippen molar-refractivity contribution in [1.82, 2.24) is 15.2 Å². The summed E-state index contributed by atoms with van der Waals surface area (Å²) < 4.78 is 0. The lowest BCUT2D eigenvalue weighted by atomic mass is 10.00. The summed E-state index contributed by atoms with van der Waals surface area (Å²) in [6.07, 6.45) is 7.51. The van der Waals surface area contributed by atoms with Crippen LogP contribution in [0.1, 0.15) is 57.6 Å². The van der Waals surface area contributed by atoms with E-state index in [-0.39, 0.29) is 23.9 Å². The van der Waals surface area contributed by atoms with Gasteiger partial charge < -0.3 is 10.2 Å². The molecular formula is C17H25N3O2. The molecule has 0 saturated carbocycles. The molecule has 5 nitrogen and oxygen atoms in total. The fraction of sp³-hybridized carbons (Fsp3) is 0.588. The monoisotopic (exact) mass is 303 g/mol. The number of carbonyl (C=O) groups excluding carboxylic acids is 2. The number of likely N-dealkylation sites (tertiary alicyclic amines) is 1. The average Bonchev–Trinajstić information content (AvgIpc) is 2.55. The minimum absolute atomic E-state index is 0.0477. The number of nitrogens with zero attached hydrogens (tertiary/aromatic N) is 2. The normalized spacial score (nSPS) is 19.5. The zero-order valence-electron chi connectivity index (χ0n) is 13.4. The van der Waals surface area contributed by atoms with Crippen molar-refractivity contribution in [3.63, 3.8) is 0 Å². The maximum Gasteiger partial charge on any atom is 0.243 e. The second-order valence-electron chi connectivity index (χ2n) is 5.86. The zero-order chi connectivity index (χ0) is 15.9. The summed E-state index contributed by atoms with van der Waals surface area (Å²) in [7, 11) is 0. The Balaban J connectivity index is 2.01. The molecule has 2 rings (SSSR count). The van der Waals surface area contributed by atoms with Crippen LogP contribution in [0.4, 0.5) is 0 Å². The van der Waals surface area contributed by atoms with Gasteiger partial charge in [0.2, 0.25) is 11.8 Å². The van der Waals surface area contributed by atoms with Crippen LogP contribution in [0.25, 0.3) is 0 Å². The van der Waals surface area contributed by atoms with E-state index in [1.165, 1.54) is 0 Å². The Morgan fingerprint density at radius 3 is 2.77 bits per heavy atom. The lowest BCUT2D eigenvalue weighted by molar-refractivity contribution is -0.142. The number of hydrogen-bond donors (Lipinski definition) is 1. The molecule has 1 saturated heterocycles. The van der Waals surface area contributed by atoms with E-state index in [2.05, 4.69) is 10.3 Å². The topological polar surface area (TPSA) is 62.3 Å². The SMILES string of the molecule is CCCC(=O)N1CCCC[C@H]1C(=O)N[C@H](C)c1ccncc1. The third-order valence-electron chi connectivity index (χ3n) is 4.15. The number of amides is 2. The van der Waals surface area contributed by atoms with Crippen LogP contribution in [0, 0.1) is 0 Å². The van der Waals surface area contributed by atoms with Gasteiger partial charge in [0.1, 0.15) is 6.04 Å². The number of nitrogens with one attached hydrogen (secondary N) is 1. The highest BCUT2D eigenvalue weighted by Crippen LogP contribution is 2.20. The van der Waals surface area contributed by atoms with Gasteiger partial charge in [-0.2, -0.15) is 0 Å². The van der Waals surface area contributed by atoms with Crippen LogP contribution in [0.5, 0.6) is 0 Å². The zero-order valence-corrected chi connectivity index (χ0v) is 13.4. The Labute approximate surface area is 132 Å². The summed E-state index contributed by atoms with van der Waals surface area (Å²) in [5, 5.41) is 3.03. The minimum atomic E-state index is -0.322. The van der Waals surface area contributed by atoms with Gasteiger partial charge in [0.25, 0.3) is 0 Å². The molecule has 22 heavy (non-hydrogen) atoms. The highest BCUT2D eigenvalue weighted by molar-refractivity contribution is 5.88. The lowest BCUT2D eigenvalue weighted by Gasteiger charge is -2.35. The van der Waals surface area contributed by atoms with Gasteiger partial charge in [-0.25, -0.2) is 0 Å².